The molecular formula is C9H17ClN2O. The molecule has 76 valence electrons. The fourth-order valence-electron chi connectivity index (χ4n) is 1.02. The molecule has 0 aromatic carbocycles. The van der Waals surface area contributed by atoms with Gasteiger partial charge >= 0.3 is 0 Å². The summed E-state index contributed by atoms with van der Waals surface area (Å²) in [6, 6.07) is 0. The molecule has 1 rings (SSSR count). The highest BCUT2D eigenvalue weighted by Gasteiger charge is 2.22. The number of carbonyl (C=O) groups excluding carboxylic acids is 1. The summed E-state index contributed by atoms with van der Waals surface area (Å²) in [5, 5.41) is 9.74. The van der Waals surface area contributed by atoms with Crippen LogP contribution in [-0.4, -0.2) is 18.7 Å². The molecule has 1 aliphatic carbocycles. The fraction of sp³-hybridized carbons (Fsp3) is 0.778. The number of hydrogen-bond donors (Lipinski definition) is 2. The van der Waals surface area contributed by atoms with Crippen molar-refractivity contribution in [3.8, 4) is 0 Å². The summed E-state index contributed by atoms with van der Waals surface area (Å²) >= 11 is 0. The first-order chi connectivity index (χ1) is 5.74. The fourth-order valence-corrected chi connectivity index (χ4v) is 1.02. The smallest absolute Gasteiger partial charge is 0.223 e. The van der Waals surface area contributed by atoms with Crippen LogP contribution in [0.4, 0.5) is 0 Å². The summed E-state index contributed by atoms with van der Waals surface area (Å²) < 4.78 is 0. The van der Waals surface area contributed by atoms with E-state index in [2.05, 4.69) is 5.32 Å². The molecule has 0 aromatic heterocycles. The standard InChI is InChI=1S/C9H16N2O.ClH/c1-7(4-5-10)9(12)11-6-8-2-3-8;/h5,7-8,10H,2-4,6H2,1H3,(H,11,12);1H/t7-;/m0./s1. The van der Waals surface area contributed by atoms with Crippen molar-refractivity contribution in [2.45, 2.75) is 26.2 Å². The van der Waals surface area contributed by atoms with Gasteiger partial charge in [-0.1, -0.05) is 6.92 Å². The molecule has 0 saturated heterocycles. The largest absolute Gasteiger partial charge is 0.356 e. The second kappa shape index (κ2) is 5.97. The van der Waals surface area contributed by atoms with Crippen molar-refractivity contribution < 1.29 is 4.79 Å². The van der Waals surface area contributed by atoms with Gasteiger partial charge in [0, 0.05) is 12.5 Å². The summed E-state index contributed by atoms with van der Waals surface area (Å²) in [6.07, 6.45) is 4.37. The zero-order valence-electron chi connectivity index (χ0n) is 7.88. The molecule has 0 spiro atoms. The van der Waals surface area contributed by atoms with E-state index in [-0.39, 0.29) is 24.2 Å². The predicted octanol–water partition coefficient (Wildman–Crippen LogP) is 1.61. The molecule has 2 N–H and O–H groups in total. The third kappa shape index (κ3) is 4.88. The lowest BCUT2D eigenvalue weighted by molar-refractivity contribution is -0.124. The zero-order valence-corrected chi connectivity index (χ0v) is 8.69. The Bertz CT molecular complexity index is 180. The molecule has 0 heterocycles. The molecule has 0 aliphatic heterocycles. The van der Waals surface area contributed by atoms with E-state index in [4.69, 9.17) is 5.41 Å². The van der Waals surface area contributed by atoms with Crippen LogP contribution in [0.5, 0.6) is 0 Å². The summed E-state index contributed by atoms with van der Waals surface area (Å²) in [4.78, 5) is 11.3. The van der Waals surface area contributed by atoms with Crippen LogP contribution in [0.2, 0.25) is 0 Å². The Labute approximate surface area is 85.2 Å². The second-order valence-corrected chi connectivity index (χ2v) is 3.53. The van der Waals surface area contributed by atoms with Gasteiger partial charge < -0.3 is 10.7 Å². The van der Waals surface area contributed by atoms with Crippen molar-refractivity contribution in [1.29, 1.82) is 5.41 Å². The van der Waals surface area contributed by atoms with Crippen LogP contribution in [0.25, 0.3) is 0 Å². The van der Waals surface area contributed by atoms with Crippen molar-refractivity contribution in [3.05, 3.63) is 0 Å². The van der Waals surface area contributed by atoms with Gasteiger partial charge in [-0.25, -0.2) is 0 Å². The summed E-state index contributed by atoms with van der Waals surface area (Å²) in [6.45, 7) is 2.69. The Morgan fingerprint density at radius 2 is 2.31 bits per heavy atom. The molecule has 0 unspecified atom stereocenters. The Morgan fingerprint density at radius 1 is 1.69 bits per heavy atom. The maximum Gasteiger partial charge on any atom is 0.223 e. The molecule has 1 fully saturated rings. The molecule has 1 atom stereocenters. The van der Waals surface area contributed by atoms with Gasteiger partial charge in [0.2, 0.25) is 5.91 Å². The minimum atomic E-state index is -0.0405. The summed E-state index contributed by atoms with van der Waals surface area (Å²) in [5.74, 6) is 0.785. The minimum Gasteiger partial charge on any atom is -0.356 e. The van der Waals surface area contributed by atoms with E-state index < -0.39 is 0 Å². The predicted molar refractivity (Wildman–Crippen MR) is 55.5 cm³/mol. The van der Waals surface area contributed by atoms with Crippen molar-refractivity contribution in [3.63, 3.8) is 0 Å². The van der Waals surface area contributed by atoms with Gasteiger partial charge in [0.15, 0.2) is 0 Å². The van der Waals surface area contributed by atoms with E-state index in [9.17, 15) is 4.79 Å². The second-order valence-electron chi connectivity index (χ2n) is 3.53. The molecular weight excluding hydrogens is 188 g/mol. The van der Waals surface area contributed by atoms with Crippen molar-refractivity contribution in [1.82, 2.24) is 5.32 Å². The van der Waals surface area contributed by atoms with E-state index in [1.807, 2.05) is 6.92 Å². The van der Waals surface area contributed by atoms with E-state index in [1.54, 1.807) is 0 Å². The number of amides is 1. The highest BCUT2D eigenvalue weighted by Crippen LogP contribution is 2.27. The van der Waals surface area contributed by atoms with Crippen LogP contribution in [0.1, 0.15) is 26.2 Å². The summed E-state index contributed by atoms with van der Waals surface area (Å²) in [7, 11) is 0. The Hall–Kier alpha value is -0.570. The van der Waals surface area contributed by atoms with Crippen LogP contribution < -0.4 is 5.32 Å². The number of hydrogen-bond acceptors (Lipinski definition) is 2. The highest BCUT2D eigenvalue weighted by atomic mass is 35.5. The summed E-state index contributed by atoms with van der Waals surface area (Å²) in [5.41, 5.74) is 0. The zero-order chi connectivity index (χ0) is 8.97. The molecule has 0 bridgehead atoms. The molecule has 1 saturated carbocycles. The van der Waals surface area contributed by atoms with Gasteiger partial charge in [-0.3, -0.25) is 4.79 Å². The maximum absolute atomic E-state index is 11.3. The van der Waals surface area contributed by atoms with E-state index in [1.165, 1.54) is 19.1 Å². The molecule has 1 amide bonds. The first-order valence-corrected chi connectivity index (χ1v) is 4.50. The topological polar surface area (TPSA) is 53.0 Å². The average molecular weight is 205 g/mol. The Morgan fingerprint density at radius 3 is 2.77 bits per heavy atom. The number of rotatable bonds is 5. The first-order valence-electron chi connectivity index (χ1n) is 4.50. The molecule has 0 aromatic rings. The van der Waals surface area contributed by atoms with Crippen LogP contribution >= 0.6 is 12.4 Å². The van der Waals surface area contributed by atoms with Crippen molar-refractivity contribution in [2.24, 2.45) is 11.8 Å². The van der Waals surface area contributed by atoms with E-state index in [0.717, 1.165) is 12.5 Å². The quantitative estimate of drug-likeness (QED) is 0.657. The Kier molecular flexibility index (Phi) is 5.71. The Balaban J connectivity index is 0.00000144. The lowest BCUT2D eigenvalue weighted by Gasteiger charge is -2.08. The average Bonchev–Trinajstić information content (AvgIpc) is 2.83. The highest BCUT2D eigenvalue weighted by molar-refractivity contribution is 5.85. The lowest BCUT2D eigenvalue weighted by atomic mass is 10.1. The molecule has 3 nitrogen and oxygen atoms in total. The van der Waals surface area contributed by atoms with Crippen molar-refractivity contribution >= 4 is 24.5 Å². The number of halogens is 1. The first kappa shape index (κ1) is 12.4. The SMILES string of the molecule is C[C@@H](CC=N)C(=O)NCC1CC1.Cl. The van der Waals surface area contributed by atoms with Gasteiger partial charge in [-0.15, -0.1) is 12.4 Å². The lowest BCUT2D eigenvalue weighted by Crippen LogP contribution is -2.30. The molecule has 4 heteroatoms. The van der Waals surface area contributed by atoms with Crippen LogP contribution in [-0.2, 0) is 4.79 Å². The van der Waals surface area contributed by atoms with Gasteiger partial charge in [-0.05, 0) is 31.4 Å². The van der Waals surface area contributed by atoms with Gasteiger partial charge in [0.05, 0.1) is 0 Å². The molecule has 1 aliphatic rings. The third-order valence-corrected chi connectivity index (χ3v) is 2.18. The van der Waals surface area contributed by atoms with Gasteiger partial charge in [0.25, 0.3) is 0 Å². The third-order valence-electron chi connectivity index (χ3n) is 2.18. The normalized spacial score (nSPS) is 17.0. The van der Waals surface area contributed by atoms with Gasteiger partial charge in [-0.2, -0.15) is 0 Å². The molecule has 0 radical (unpaired) electrons. The van der Waals surface area contributed by atoms with Gasteiger partial charge in [0.1, 0.15) is 0 Å². The van der Waals surface area contributed by atoms with Crippen LogP contribution in [0.15, 0.2) is 0 Å². The maximum atomic E-state index is 11.3. The number of carbonyl (C=O) groups is 1. The molecule has 13 heavy (non-hydrogen) atoms. The van der Waals surface area contributed by atoms with E-state index >= 15 is 0 Å². The monoisotopic (exact) mass is 204 g/mol. The van der Waals surface area contributed by atoms with Crippen molar-refractivity contribution in [2.75, 3.05) is 6.54 Å². The number of nitrogens with one attached hydrogen (secondary N) is 2. The minimum absolute atomic E-state index is 0. The van der Waals surface area contributed by atoms with Crippen LogP contribution in [0, 0.1) is 17.2 Å². The van der Waals surface area contributed by atoms with E-state index in [0.29, 0.717) is 6.42 Å². The van der Waals surface area contributed by atoms with Crippen LogP contribution in [0.3, 0.4) is 0 Å².